The summed E-state index contributed by atoms with van der Waals surface area (Å²) in [7, 11) is 1.41. The van der Waals surface area contributed by atoms with E-state index in [0.29, 0.717) is 28.9 Å². The van der Waals surface area contributed by atoms with Gasteiger partial charge in [0.05, 0.1) is 12.6 Å². The Labute approximate surface area is 114 Å². The van der Waals surface area contributed by atoms with Crippen LogP contribution in [-0.4, -0.2) is 22.8 Å². The smallest absolute Gasteiger partial charge is 0.170 e. The first kappa shape index (κ1) is 12.3. The van der Waals surface area contributed by atoms with Crippen LogP contribution in [0.1, 0.15) is 10.5 Å². The molecular formula is C15H11FN2O2. The number of pyridine rings is 1. The van der Waals surface area contributed by atoms with Crippen LogP contribution in [-0.2, 0) is 0 Å². The van der Waals surface area contributed by atoms with Crippen LogP contribution in [0.4, 0.5) is 4.39 Å². The molecule has 0 aliphatic rings. The minimum Gasteiger partial charge on any atom is -0.494 e. The average molecular weight is 270 g/mol. The summed E-state index contributed by atoms with van der Waals surface area (Å²) in [5.74, 6) is 0.222. The summed E-state index contributed by atoms with van der Waals surface area (Å²) < 4.78 is 20.4. The molecule has 3 aromatic rings. The van der Waals surface area contributed by atoms with Gasteiger partial charge in [-0.1, -0.05) is 6.07 Å². The number of carbonyl (C=O) groups is 1. The molecule has 3 rings (SSSR count). The fraction of sp³-hybridized carbons (Fsp3) is 0.0667. The molecule has 1 aromatic carbocycles. The maximum absolute atomic E-state index is 13.8. The van der Waals surface area contributed by atoms with Crippen molar-refractivity contribution in [1.82, 2.24) is 9.38 Å². The first-order chi connectivity index (χ1) is 9.74. The van der Waals surface area contributed by atoms with Crippen molar-refractivity contribution in [3.63, 3.8) is 0 Å². The summed E-state index contributed by atoms with van der Waals surface area (Å²) in [5, 5.41) is 0. The van der Waals surface area contributed by atoms with Crippen LogP contribution in [0.5, 0.6) is 5.75 Å². The van der Waals surface area contributed by atoms with E-state index in [1.807, 2.05) is 12.1 Å². The highest BCUT2D eigenvalue weighted by Crippen LogP contribution is 2.26. The third kappa shape index (κ3) is 1.84. The third-order valence-corrected chi connectivity index (χ3v) is 3.10. The van der Waals surface area contributed by atoms with Gasteiger partial charge >= 0.3 is 0 Å². The number of imidazole rings is 1. The average Bonchev–Trinajstić information content (AvgIpc) is 2.86. The molecule has 0 amide bonds. The van der Waals surface area contributed by atoms with Gasteiger partial charge in [0.15, 0.2) is 17.9 Å². The number of rotatable bonds is 3. The summed E-state index contributed by atoms with van der Waals surface area (Å²) in [6.07, 6.45) is 2.48. The second-order valence-corrected chi connectivity index (χ2v) is 4.24. The van der Waals surface area contributed by atoms with Crippen molar-refractivity contribution in [3.8, 4) is 17.1 Å². The summed E-state index contributed by atoms with van der Waals surface area (Å²) >= 11 is 0. The Kier molecular flexibility index (Phi) is 2.95. The topological polar surface area (TPSA) is 43.6 Å². The Morgan fingerprint density at radius 1 is 1.30 bits per heavy atom. The summed E-state index contributed by atoms with van der Waals surface area (Å²) in [5.41, 5.74) is 1.60. The number of nitrogens with zero attached hydrogens (tertiary/aromatic N) is 2. The quantitative estimate of drug-likeness (QED) is 0.687. The second kappa shape index (κ2) is 4.77. The Balaban J connectivity index is 2.24. The number of methoxy groups -OCH3 is 1. The molecule has 0 unspecified atom stereocenters. The molecule has 0 saturated heterocycles. The number of hydrogen-bond acceptors (Lipinski definition) is 3. The molecule has 2 heterocycles. The van der Waals surface area contributed by atoms with Crippen LogP contribution in [0.15, 0.2) is 42.6 Å². The first-order valence-corrected chi connectivity index (χ1v) is 6.01. The molecule has 0 fully saturated rings. The van der Waals surface area contributed by atoms with Gasteiger partial charge in [-0.05, 0) is 30.3 Å². The zero-order chi connectivity index (χ0) is 14.1. The fourth-order valence-corrected chi connectivity index (χ4v) is 2.16. The Morgan fingerprint density at radius 2 is 2.15 bits per heavy atom. The number of benzene rings is 1. The van der Waals surface area contributed by atoms with Crippen molar-refractivity contribution >= 4 is 11.8 Å². The number of halogens is 1. The van der Waals surface area contributed by atoms with E-state index in [1.54, 1.807) is 22.7 Å². The molecule has 20 heavy (non-hydrogen) atoms. The molecule has 4 nitrogen and oxygen atoms in total. The van der Waals surface area contributed by atoms with Crippen LogP contribution < -0.4 is 4.74 Å². The molecule has 0 aliphatic carbocycles. The molecule has 2 aromatic heterocycles. The van der Waals surface area contributed by atoms with E-state index in [4.69, 9.17) is 4.74 Å². The molecule has 0 spiro atoms. The molecular weight excluding hydrogens is 259 g/mol. The van der Waals surface area contributed by atoms with Gasteiger partial charge < -0.3 is 4.74 Å². The fourth-order valence-electron chi connectivity index (χ4n) is 2.16. The van der Waals surface area contributed by atoms with Crippen molar-refractivity contribution in [1.29, 1.82) is 0 Å². The maximum Gasteiger partial charge on any atom is 0.170 e. The number of hydrogen-bond donors (Lipinski definition) is 0. The predicted octanol–water partition coefficient (Wildman–Crippen LogP) is 2.96. The van der Waals surface area contributed by atoms with Crippen molar-refractivity contribution in [2.45, 2.75) is 0 Å². The number of ether oxygens (including phenoxy) is 1. The third-order valence-electron chi connectivity index (χ3n) is 3.10. The standard InChI is InChI=1S/C15H11FN2O2/c1-20-14-6-5-10(8-11(14)16)15-17-12(9-19)13-4-2-3-7-18(13)15/h2-9H,1H3. The zero-order valence-corrected chi connectivity index (χ0v) is 10.7. The Morgan fingerprint density at radius 3 is 2.85 bits per heavy atom. The normalized spacial score (nSPS) is 10.7. The predicted molar refractivity (Wildman–Crippen MR) is 72.5 cm³/mol. The molecule has 0 aliphatic heterocycles. The lowest BCUT2D eigenvalue weighted by Gasteiger charge is -2.04. The van der Waals surface area contributed by atoms with Gasteiger partial charge in [0.1, 0.15) is 11.5 Å². The zero-order valence-electron chi connectivity index (χ0n) is 10.7. The second-order valence-electron chi connectivity index (χ2n) is 4.24. The van der Waals surface area contributed by atoms with Gasteiger partial charge in [0.25, 0.3) is 0 Å². The molecule has 0 N–H and O–H groups in total. The van der Waals surface area contributed by atoms with E-state index in [0.717, 1.165) is 0 Å². The van der Waals surface area contributed by atoms with Crippen LogP contribution in [0.2, 0.25) is 0 Å². The van der Waals surface area contributed by atoms with Gasteiger partial charge in [0, 0.05) is 11.8 Å². The molecule has 0 bridgehead atoms. The van der Waals surface area contributed by atoms with E-state index in [9.17, 15) is 9.18 Å². The van der Waals surface area contributed by atoms with Crippen LogP contribution in [0.25, 0.3) is 16.9 Å². The van der Waals surface area contributed by atoms with Crippen LogP contribution >= 0.6 is 0 Å². The van der Waals surface area contributed by atoms with Gasteiger partial charge in [-0.15, -0.1) is 0 Å². The van der Waals surface area contributed by atoms with E-state index in [1.165, 1.54) is 19.2 Å². The highest BCUT2D eigenvalue weighted by atomic mass is 19.1. The Bertz CT molecular complexity index is 796. The SMILES string of the molecule is COc1ccc(-c2nc(C=O)c3ccccn23)cc1F. The number of fused-ring (bicyclic) bond motifs is 1. The molecule has 0 radical (unpaired) electrons. The minimum atomic E-state index is -0.467. The van der Waals surface area contributed by atoms with E-state index in [2.05, 4.69) is 4.98 Å². The van der Waals surface area contributed by atoms with Crippen LogP contribution in [0, 0.1) is 5.82 Å². The van der Waals surface area contributed by atoms with E-state index < -0.39 is 5.82 Å². The molecule has 100 valence electrons. The van der Waals surface area contributed by atoms with Gasteiger partial charge in [0.2, 0.25) is 0 Å². The van der Waals surface area contributed by atoms with Crippen molar-refractivity contribution in [2.24, 2.45) is 0 Å². The number of aldehydes is 1. The van der Waals surface area contributed by atoms with Crippen molar-refractivity contribution in [3.05, 3.63) is 54.1 Å². The van der Waals surface area contributed by atoms with Crippen molar-refractivity contribution < 1.29 is 13.9 Å². The summed E-state index contributed by atoms with van der Waals surface area (Å²) in [4.78, 5) is 15.3. The lowest BCUT2D eigenvalue weighted by Crippen LogP contribution is -1.92. The largest absolute Gasteiger partial charge is 0.494 e. The molecule has 0 saturated carbocycles. The monoisotopic (exact) mass is 270 g/mol. The van der Waals surface area contributed by atoms with Crippen LogP contribution in [0.3, 0.4) is 0 Å². The minimum absolute atomic E-state index is 0.172. The summed E-state index contributed by atoms with van der Waals surface area (Å²) in [6, 6.07) is 10.0. The maximum atomic E-state index is 13.8. The highest BCUT2D eigenvalue weighted by molar-refractivity contribution is 5.86. The van der Waals surface area contributed by atoms with E-state index in [-0.39, 0.29) is 5.75 Å². The Hall–Kier alpha value is -2.69. The van der Waals surface area contributed by atoms with E-state index >= 15 is 0 Å². The first-order valence-electron chi connectivity index (χ1n) is 6.01. The van der Waals surface area contributed by atoms with Gasteiger partial charge in [-0.3, -0.25) is 9.20 Å². The highest BCUT2D eigenvalue weighted by Gasteiger charge is 2.13. The lowest BCUT2D eigenvalue weighted by atomic mass is 10.2. The molecule has 0 atom stereocenters. The van der Waals surface area contributed by atoms with Gasteiger partial charge in [-0.25, -0.2) is 9.37 Å². The number of carbonyl (C=O) groups excluding carboxylic acids is 1. The van der Waals surface area contributed by atoms with Gasteiger partial charge in [-0.2, -0.15) is 0 Å². The summed E-state index contributed by atoms with van der Waals surface area (Å²) in [6.45, 7) is 0. The molecule has 5 heteroatoms. The van der Waals surface area contributed by atoms with Crippen molar-refractivity contribution in [2.75, 3.05) is 7.11 Å². The lowest BCUT2D eigenvalue weighted by molar-refractivity contribution is 0.112. The number of aromatic nitrogens is 2.